The summed E-state index contributed by atoms with van der Waals surface area (Å²) < 4.78 is 0. The van der Waals surface area contributed by atoms with Gasteiger partial charge in [0.05, 0.1) is 16.3 Å². The highest BCUT2D eigenvalue weighted by molar-refractivity contribution is 8.18. The fraction of sp³-hybridized carbons (Fsp3) is 0.320. The number of aryl methyl sites for hydroxylation is 2. The van der Waals surface area contributed by atoms with Gasteiger partial charge in [-0.15, -0.1) is 0 Å². The van der Waals surface area contributed by atoms with Gasteiger partial charge in [-0.1, -0.05) is 6.07 Å². The number of phenolic OH excluding ortho intramolecular Hbond substituents is 1. The molecule has 3 amide bonds. The Labute approximate surface area is 202 Å². The second kappa shape index (κ2) is 10.2. The Bertz CT molecular complexity index is 1200. The van der Waals surface area contributed by atoms with Gasteiger partial charge >= 0.3 is 0 Å². The molecule has 2 saturated heterocycles. The number of likely N-dealkylation sites (tertiary alicyclic amines) is 1. The number of imide groups is 1. The van der Waals surface area contributed by atoms with Gasteiger partial charge in [-0.05, 0) is 92.4 Å². The quantitative estimate of drug-likeness (QED) is 0.453. The molecule has 0 bridgehead atoms. The fourth-order valence-corrected chi connectivity index (χ4v) is 4.61. The lowest BCUT2D eigenvalue weighted by atomic mass is 10.1. The minimum Gasteiger partial charge on any atom is -0.507 e. The van der Waals surface area contributed by atoms with Crippen molar-refractivity contribution < 1.29 is 19.5 Å². The fourth-order valence-electron chi connectivity index (χ4n) is 3.78. The molecule has 2 fully saturated rings. The zero-order chi connectivity index (χ0) is 24.2. The molecule has 0 unspecified atom stereocenters. The SMILES string of the molecule is Cc1ccc(N=Nc2ccc(O)c(/C=C3\SC(=O)N(CC(=O)N4CCCCC4)C3=O)c2)cc1C. The number of aromatic hydroxyl groups is 1. The topological polar surface area (TPSA) is 103 Å². The van der Waals surface area contributed by atoms with E-state index in [4.69, 9.17) is 0 Å². The maximum Gasteiger partial charge on any atom is 0.294 e. The molecule has 34 heavy (non-hydrogen) atoms. The van der Waals surface area contributed by atoms with E-state index in [1.807, 2.05) is 32.0 Å². The third kappa shape index (κ3) is 5.36. The van der Waals surface area contributed by atoms with Gasteiger partial charge in [0.25, 0.3) is 11.1 Å². The summed E-state index contributed by atoms with van der Waals surface area (Å²) in [6.45, 7) is 5.07. The third-order valence-electron chi connectivity index (χ3n) is 5.94. The maximum absolute atomic E-state index is 12.8. The van der Waals surface area contributed by atoms with Crippen LogP contribution in [0.15, 0.2) is 51.5 Å². The number of amides is 3. The highest BCUT2D eigenvalue weighted by Gasteiger charge is 2.37. The average Bonchev–Trinajstić information content (AvgIpc) is 3.09. The predicted octanol–water partition coefficient (Wildman–Crippen LogP) is 5.47. The van der Waals surface area contributed by atoms with Gasteiger partial charge in [0.2, 0.25) is 5.91 Å². The number of benzene rings is 2. The van der Waals surface area contributed by atoms with Crippen LogP contribution in [-0.4, -0.2) is 51.6 Å². The number of phenols is 1. The van der Waals surface area contributed by atoms with E-state index in [-0.39, 0.29) is 23.1 Å². The van der Waals surface area contributed by atoms with Crippen LogP contribution < -0.4 is 0 Å². The number of rotatable bonds is 5. The van der Waals surface area contributed by atoms with Gasteiger partial charge in [-0.25, -0.2) is 0 Å². The van der Waals surface area contributed by atoms with Gasteiger partial charge in [0.15, 0.2) is 0 Å². The second-order valence-electron chi connectivity index (χ2n) is 8.42. The first kappa shape index (κ1) is 23.7. The lowest BCUT2D eigenvalue weighted by Crippen LogP contribution is -2.44. The Morgan fingerprint density at radius 1 is 1.00 bits per heavy atom. The first-order valence-electron chi connectivity index (χ1n) is 11.2. The molecule has 9 heteroatoms. The number of azo groups is 1. The van der Waals surface area contributed by atoms with Crippen molar-refractivity contribution in [3.05, 3.63) is 58.0 Å². The molecule has 0 radical (unpaired) electrons. The Morgan fingerprint density at radius 2 is 1.68 bits per heavy atom. The van der Waals surface area contributed by atoms with E-state index in [0.717, 1.165) is 47.1 Å². The molecular formula is C25H26N4O4S. The first-order valence-corrected chi connectivity index (χ1v) is 12.0. The molecule has 2 aliphatic heterocycles. The van der Waals surface area contributed by atoms with Crippen LogP contribution in [0.5, 0.6) is 5.75 Å². The van der Waals surface area contributed by atoms with Gasteiger partial charge < -0.3 is 10.0 Å². The van der Waals surface area contributed by atoms with E-state index < -0.39 is 11.1 Å². The van der Waals surface area contributed by atoms with Crippen LogP contribution in [0.25, 0.3) is 6.08 Å². The lowest BCUT2D eigenvalue weighted by Gasteiger charge is -2.27. The average molecular weight is 479 g/mol. The number of hydrogen-bond donors (Lipinski definition) is 1. The molecule has 2 aromatic carbocycles. The van der Waals surface area contributed by atoms with Crippen molar-refractivity contribution in [3.8, 4) is 5.75 Å². The van der Waals surface area contributed by atoms with Crippen LogP contribution in [0.1, 0.15) is 36.0 Å². The Morgan fingerprint density at radius 3 is 2.38 bits per heavy atom. The minimum atomic E-state index is -0.540. The summed E-state index contributed by atoms with van der Waals surface area (Å²) in [5.41, 5.74) is 3.80. The summed E-state index contributed by atoms with van der Waals surface area (Å²) in [6, 6.07) is 10.4. The number of nitrogens with zero attached hydrogens (tertiary/aromatic N) is 4. The summed E-state index contributed by atoms with van der Waals surface area (Å²) in [5, 5.41) is 18.3. The number of thioether (sulfide) groups is 1. The largest absolute Gasteiger partial charge is 0.507 e. The molecule has 0 aromatic heterocycles. The van der Waals surface area contributed by atoms with Gasteiger partial charge in [0.1, 0.15) is 12.3 Å². The standard InChI is InChI=1S/C25H26N4O4S/c1-16-6-7-19(12-17(16)2)26-27-20-8-9-21(30)18(13-20)14-22-24(32)29(25(33)34-22)15-23(31)28-10-4-3-5-11-28/h6-9,12-14,30H,3-5,10-11,15H2,1-2H3/b22-14-,27-26?. The van der Waals surface area contributed by atoms with E-state index in [1.165, 1.54) is 12.1 Å². The number of hydrogen-bond acceptors (Lipinski definition) is 7. The molecule has 0 aliphatic carbocycles. The molecule has 176 valence electrons. The van der Waals surface area contributed by atoms with Crippen molar-refractivity contribution >= 4 is 46.3 Å². The first-order chi connectivity index (χ1) is 16.3. The predicted molar refractivity (Wildman–Crippen MR) is 131 cm³/mol. The van der Waals surface area contributed by atoms with Crippen molar-refractivity contribution in [3.63, 3.8) is 0 Å². The Balaban J connectivity index is 1.50. The minimum absolute atomic E-state index is 0.0543. The summed E-state index contributed by atoms with van der Waals surface area (Å²) in [7, 11) is 0. The molecule has 2 aliphatic rings. The van der Waals surface area contributed by atoms with Crippen LogP contribution in [0.3, 0.4) is 0 Å². The normalized spacial score (nSPS) is 17.9. The van der Waals surface area contributed by atoms with E-state index >= 15 is 0 Å². The molecule has 0 saturated carbocycles. The maximum atomic E-state index is 12.8. The van der Waals surface area contributed by atoms with Crippen LogP contribution in [0.4, 0.5) is 16.2 Å². The van der Waals surface area contributed by atoms with Crippen molar-refractivity contribution in [2.45, 2.75) is 33.1 Å². The summed E-state index contributed by atoms with van der Waals surface area (Å²) in [4.78, 5) is 40.6. The van der Waals surface area contributed by atoms with Crippen molar-refractivity contribution in [2.75, 3.05) is 19.6 Å². The zero-order valence-electron chi connectivity index (χ0n) is 19.2. The van der Waals surface area contributed by atoms with Crippen LogP contribution in [0, 0.1) is 13.8 Å². The van der Waals surface area contributed by atoms with Crippen molar-refractivity contribution in [1.82, 2.24) is 9.80 Å². The zero-order valence-corrected chi connectivity index (χ0v) is 20.0. The molecule has 2 heterocycles. The molecular weight excluding hydrogens is 452 g/mol. The van der Waals surface area contributed by atoms with Gasteiger partial charge in [-0.3, -0.25) is 19.3 Å². The highest BCUT2D eigenvalue weighted by Crippen LogP contribution is 2.35. The second-order valence-corrected chi connectivity index (χ2v) is 9.41. The van der Waals surface area contributed by atoms with Crippen LogP contribution in [-0.2, 0) is 9.59 Å². The molecule has 0 atom stereocenters. The van der Waals surface area contributed by atoms with Gasteiger partial charge in [-0.2, -0.15) is 10.2 Å². The molecule has 0 spiro atoms. The monoisotopic (exact) mass is 478 g/mol. The number of carbonyl (C=O) groups excluding carboxylic acids is 3. The lowest BCUT2D eigenvalue weighted by molar-refractivity contribution is -0.136. The summed E-state index contributed by atoms with van der Waals surface area (Å²) in [5.74, 6) is -0.817. The summed E-state index contributed by atoms with van der Waals surface area (Å²) >= 11 is 0.756. The molecule has 8 nitrogen and oxygen atoms in total. The van der Waals surface area contributed by atoms with Crippen molar-refractivity contribution in [1.29, 1.82) is 0 Å². The smallest absolute Gasteiger partial charge is 0.294 e. The number of carbonyl (C=O) groups is 3. The van der Waals surface area contributed by atoms with E-state index in [2.05, 4.69) is 10.2 Å². The number of piperidine rings is 1. The van der Waals surface area contributed by atoms with Crippen LogP contribution >= 0.6 is 11.8 Å². The Hall–Kier alpha value is -3.46. The summed E-state index contributed by atoms with van der Waals surface area (Å²) in [6.07, 6.45) is 4.40. The van der Waals surface area contributed by atoms with E-state index in [1.54, 1.807) is 17.0 Å². The van der Waals surface area contributed by atoms with E-state index in [0.29, 0.717) is 30.0 Å². The van der Waals surface area contributed by atoms with E-state index in [9.17, 15) is 19.5 Å². The van der Waals surface area contributed by atoms with Gasteiger partial charge in [0, 0.05) is 18.7 Å². The molecule has 1 N–H and O–H groups in total. The highest BCUT2D eigenvalue weighted by atomic mass is 32.2. The third-order valence-corrected chi connectivity index (χ3v) is 6.85. The van der Waals surface area contributed by atoms with Crippen molar-refractivity contribution in [2.24, 2.45) is 10.2 Å². The Kier molecular flexibility index (Phi) is 7.12. The molecule has 2 aromatic rings. The van der Waals surface area contributed by atoms with Crippen LogP contribution in [0.2, 0.25) is 0 Å². The molecule has 4 rings (SSSR count).